The van der Waals surface area contributed by atoms with Gasteiger partial charge in [-0.15, -0.1) is 0 Å². The van der Waals surface area contributed by atoms with Gasteiger partial charge in [-0.05, 0) is 30.2 Å². The number of rotatable bonds is 4. The average molecular weight is 204 g/mol. The molecule has 1 aromatic carbocycles. The summed E-state index contributed by atoms with van der Waals surface area (Å²) in [6.07, 6.45) is 1.96. The van der Waals surface area contributed by atoms with Crippen molar-refractivity contribution >= 4 is 11.8 Å². The lowest BCUT2D eigenvalue weighted by Crippen LogP contribution is -2.13. The summed E-state index contributed by atoms with van der Waals surface area (Å²) in [4.78, 5) is 11.2. The van der Waals surface area contributed by atoms with Crippen molar-refractivity contribution in [2.24, 2.45) is 0 Å². The average Bonchev–Trinajstić information content (AvgIpc) is 2.26. The molecule has 0 spiro atoms. The van der Waals surface area contributed by atoms with Gasteiger partial charge >= 0.3 is 6.09 Å². The third kappa shape index (κ3) is 3.85. The van der Waals surface area contributed by atoms with Crippen LogP contribution in [-0.2, 0) is 11.2 Å². The molecule has 0 atom stereocenters. The first-order chi connectivity index (χ1) is 7.26. The van der Waals surface area contributed by atoms with Crippen LogP contribution in [0.3, 0.4) is 0 Å². The Morgan fingerprint density at radius 1 is 1.67 bits per heavy atom. The molecule has 79 valence electrons. The minimum atomic E-state index is -0.475. The molecule has 0 aliphatic heterocycles. The largest absolute Gasteiger partial charge is 0.445 e. The molecule has 0 aliphatic carbocycles. The number of anilines is 1. The highest BCUT2D eigenvalue weighted by Gasteiger charge is 2.01. The second-order valence-corrected chi connectivity index (χ2v) is 3.00. The molecule has 0 heterocycles. The van der Waals surface area contributed by atoms with Crippen LogP contribution in [0.2, 0.25) is 0 Å². The topological polar surface area (TPSA) is 38.3 Å². The highest BCUT2D eigenvalue weighted by molar-refractivity contribution is 5.84. The smallest absolute Gasteiger partial charge is 0.411 e. The van der Waals surface area contributed by atoms with Gasteiger partial charge in [-0.3, -0.25) is 5.32 Å². The van der Waals surface area contributed by atoms with Crippen LogP contribution in [0, 0.1) is 6.07 Å². The van der Waals surface area contributed by atoms with Gasteiger partial charge in [-0.1, -0.05) is 25.6 Å². The maximum atomic E-state index is 11.2. The van der Waals surface area contributed by atoms with Gasteiger partial charge in [0, 0.05) is 5.69 Å². The van der Waals surface area contributed by atoms with Gasteiger partial charge in [-0.25, -0.2) is 4.79 Å². The molecule has 1 amide bonds. The van der Waals surface area contributed by atoms with E-state index in [2.05, 4.69) is 18.0 Å². The summed E-state index contributed by atoms with van der Waals surface area (Å²) in [5.41, 5.74) is 1.82. The van der Waals surface area contributed by atoms with Crippen molar-refractivity contribution in [2.45, 2.75) is 13.3 Å². The molecule has 1 radical (unpaired) electrons. The molecule has 0 saturated heterocycles. The van der Waals surface area contributed by atoms with Crippen molar-refractivity contribution < 1.29 is 9.53 Å². The Morgan fingerprint density at radius 2 is 2.47 bits per heavy atom. The number of carbonyl (C=O) groups is 1. The molecule has 0 fully saturated rings. The van der Waals surface area contributed by atoms with E-state index in [1.807, 2.05) is 19.1 Å². The van der Waals surface area contributed by atoms with Crippen LogP contribution in [0.4, 0.5) is 10.5 Å². The van der Waals surface area contributed by atoms with Gasteiger partial charge in [0.15, 0.2) is 0 Å². The Bertz CT molecular complexity index is 347. The lowest BCUT2D eigenvalue weighted by Gasteiger charge is -2.06. The van der Waals surface area contributed by atoms with E-state index in [-0.39, 0.29) is 6.61 Å². The molecule has 15 heavy (non-hydrogen) atoms. The van der Waals surface area contributed by atoms with Gasteiger partial charge in [0.1, 0.15) is 6.61 Å². The molecule has 0 aliphatic rings. The van der Waals surface area contributed by atoms with Crippen molar-refractivity contribution in [3.05, 3.63) is 42.5 Å². The van der Waals surface area contributed by atoms with E-state index >= 15 is 0 Å². The van der Waals surface area contributed by atoms with Crippen LogP contribution in [-0.4, -0.2) is 12.7 Å². The number of hydrogen-bond donors (Lipinski definition) is 1. The zero-order valence-corrected chi connectivity index (χ0v) is 8.75. The Morgan fingerprint density at radius 3 is 3.13 bits per heavy atom. The first-order valence-corrected chi connectivity index (χ1v) is 4.81. The first kappa shape index (κ1) is 11.3. The van der Waals surface area contributed by atoms with Crippen LogP contribution in [0.5, 0.6) is 0 Å². The molecular formula is C12H14NO2. The fourth-order valence-corrected chi connectivity index (χ4v) is 1.09. The standard InChI is InChI=1S/C12H14NO2/c1-3-8-15-12(14)13-11-7-5-6-10(4-2)9-11/h3,6-7,9H,1,4,8H2,2H3,(H,13,14). The van der Waals surface area contributed by atoms with Gasteiger partial charge in [-0.2, -0.15) is 0 Å². The first-order valence-electron chi connectivity index (χ1n) is 4.81. The van der Waals surface area contributed by atoms with Crippen molar-refractivity contribution in [3.63, 3.8) is 0 Å². The Labute approximate surface area is 89.8 Å². The van der Waals surface area contributed by atoms with Crippen molar-refractivity contribution in [1.29, 1.82) is 0 Å². The number of benzene rings is 1. The Balaban J connectivity index is 2.55. The van der Waals surface area contributed by atoms with Crippen molar-refractivity contribution in [3.8, 4) is 0 Å². The molecule has 1 rings (SSSR count). The molecule has 3 nitrogen and oxygen atoms in total. The third-order valence-corrected chi connectivity index (χ3v) is 1.84. The Kier molecular flexibility index (Phi) is 4.41. The van der Waals surface area contributed by atoms with Gasteiger partial charge < -0.3 is 4.74 Å². The Hall–Kier alpha value is -1.77. The molecule has 1 N–H and O–H groups in total. The SMILES string of the molecule is C=CCOC(=O)Nc1c[c]cc(CC)c1. The van der Waals surface area contributed by atoms with Crippen LogP contribution in [0.1, 0.15) is 12.5 Å². The highest BCUT2D eigenvalue weighted by atomic mass is 16.5. The molecular weight excluding hydrogens is 190 g/mol. The zero-order valence-electron chi connectivity index (χ0n) is 8.75. The quantitative estimate of drug-likeness (QED) is 0.766. The summed E-state index contributed by atoms with van der Waals surface area (Å²) in [6, 6.07) is 8.44. The molecule has 0 bridgehead atoms. The van der Waals surface area contributed by atoms with Crippen LogP contribution in [0.15, 0.2) is 30.9 Å². The monoisotopic (exact) mass is 204 g/mol. The molecule has 0 saturated carbocycles. The number of aryl methyl sites for hydroxylation is 1. The van der Waals surface area contributed by atoms with Crippen molar-refractivity contribution in [1.82, 2.24) is 0 Å². The van der Waals surface area contributed by atoms with E-state index in [1.54, 1.807) is 6.07 Å². The summed E-state index contributed by atoms with van der Waals surface area (Å²) in [6.45, 7) is 5.71. The summed E-state index contributed by atoms with van der Waals surface area (Å²) in [5.74, 6) is 0. The van der Waals surface area contributed by atoms with E-state index < -0.39 is 6.09 Å². The van der Waals surface area contributed by atoms with Crippen LogP contribution in [0.25, 0.3) is 0 Å². The zero-order chi connectivity index (χ0) is 11.1. The normalized spacial score (nSPS) is 9.40. The van der Waals surface area contributed by atoms with Crippen LogP contribution >= 0.6 is 0 Å². The van der Waals surface area contributed by atoms with E-state index in [1.165, 1.54) is 6.08 Å². The summed E-state index contributed by atoms with van der Waals surface area (Å²) in [7, 11) is 0. The fourth-order valence-electron chi connectivity index (χ4n) is 1.09. The second kappa shape index (κ2) is 5.86. The number of amides is 1. The summed E-state index contributed by atoms with van der Waals surface area (Å²) < 4.78 is 4.79. The highest BCUT2D eigenvalue weighted by Crippen LogP contribution is 2.10. The van der Waals surface area contributed by atoms with E-state index in [0.717, 1.165) is 12.0 Å². The second-order valence-electron chi connectivity index (χ2n) is 3.00. The summed E-state index contributed by atoms with van der Waals surface area (Å²) in [5, 5.41) is 2.61. The van der Waals surface area contributed by atoms with E-state index in [4.69, 9.17) is 4.74 Å². The lowest BCUT2D eigenvalue weighted by atomic mass is 10.1. The minimum Gasteiger partial charge on any atom is -0.445 e. The predicted octanol–water partition coefficient (Wildman–Crippen LogP) is 2.78. The fraction of sp³-hybridized carbons (Fsp3) is 0.250. The number of carbonyl (C=O) groups excluding carboxylic acids is 1. The molecule has 3 heteroatoms. The summed E-state index contributed by atoms with van der Waals surface area (Å²) >= 11 is 0. The lowest BCUT2D eigenvalue weighted by molar-refractivity contribution is 0.174. The maximum Gasteiger partial charge on any atom is 0.411 e. The van der Waals surface area contributed by atoms with Gasteiger partial charge in [0.2, 0.25) is 0 Å². The predicted molar refractivity (Wildman–Crippen MR) is 59.8 cm³/mol. The third-order valence-electron chi connectivity index (χ3n) is 1.84. The maximum absolute atomic E-state index is 11.2. The van der Waals surface area contributed by atoms with Gasteiger partial charge in [0.25, 0.3) is 0 Å². The number of ether oxygens (including phenoxy) is 1. The van der Waals surface area contributed by atoms with Gasteiger partial charge in [0.05, 0.1) is 0 Å². The number of nitrogens with one attached hydrogen (secondary N) is 1. The van der Waals surface area contributed by atoms with E-state index in [9.17, 15) is 4.79 Å². The van der Waals surface area contributed by atoms with Crippen LogP contribution < -0.4 is 5.32 Å². The van der Waals surface area contributed by atoms with Crippen molar-refractivity contribution in [2.75, 3.05) is 11.9 Å². The molecule has 1 aromatic rings. The molecule has 0 unspecified atom stereocenters. The van der Waals surface area contributed by atoms with E-state index in [0.29, 0.717) is 5.69 Å². The molecule has 0 aromatic heterocycles. The minimum absolute atomic E-state index is 0.211. The number of hydrogen-bond acceptors (Lipinski definition) is 2.